The van der Waals surface area contributed by atoms with Crippen LogP contribution in [0, 0.1) is 6.92 Å². The Bertz CT molecular complexity index is 951. The van der Waals surface area contributed by atoms with E-state index in [0.717, 1.165) is 28.5 Å². The van der Waals surface area contributed by atoms with Crippen LogP contribution < -0.4 is 10.6 Å². The number of amides is 4. The van der Waals surface area contributed by atoms with Gasteiger partial charge < -0.3 is 10.6 Å². The van der Waals surface area contributed by atoms with Gasteiger partial charge in [0.1, 0.15) is 12.1 Å². The second-order valence-corrected chi connectivity index (χ2v) is 9.90. The molecule has 0 unspecified atom stereocenters. The Balaban J connectivity index is 1.73. The van der Waals surface area contributed by atoms with E-state index in [4.69, 9.17) is 0 Å². The molecule has 0 bridgehead atoms. The van der Waals surface area contributed by atoms with Crippen LogP contribution in [0.2, 0.25) is 0 Å². The zero-order chi connectivity index (χ0) is 21.4. The van der Waals surface area contributed by atoms with Crippen molar-refractivity contribution in [3.8, 4) is 0 Å². The van der Waals surface area contributed by atoms with Crippen LogP contribution in [0.15, 0.2) is 23.1 Å². The van der Waals surface area contributed by atoms with Crippen molar-refractivity contribution in [1.82, 2.24) is 14.5 Å². The maximum atomic E-state index is 12.8. The highest BCUT2D eigenvalue weighted by molar-refractivity contribution is 7.89. The molecule has 0 radical (unpaired) electrons. The molecule has 1 spiro atoms. The van der Waals surface area contributed by atoms with E-state index in [1.807, 2.05) is 0 Å². The molecule has 3 rings (SSSR count). The lowest BCUT2D eigenvalue weighted by molar-refractivity contribution is -0.134. The van der Waals surface area contributed by atoms with Crippen molar-refractivity contribution >= 4 is 33.6 Å². The molecule has 1 heterocycles. The highest BCUT2D eigenvalue weighted by Gasteiger charge is 2.51. The van der Waals surface area contributed by atoms with Crippen LogP contribution in [0.4, 0.5) is 10.5 Å². The quantitative estimate of drug-likeness (QED) is 0.697. The normalized spacial score (nSPS) is 19.0. The first-order valence-corrected chi connectivity index (χ1v) is 11.0. The average molecular weight is 423 g/mol. The maximum absolute atomic E-state index is 12.8. The monoisotopic (exact) mass is 422 g/mol. The smallest absolute Gasteiger partial charge is 0.324 e. The minimum atomic E-state index is -3.67. The minimum absolute atomic E-state index is 0.0800. The second kappa shape index (κ2) is 7.75. The Morgan fingerprint density at radius 1 is 1.21 bits per heavy atom. The summed E-state index contributed by atoms with van der Waals surface area (Å²) in [7, 11) is -0.813. The van der Waals surface area contributed by atoms with E-state index >= 15 is 0 Å². The zero-order valence-electron chi connectivity index (χ0n) is 16.8. The summed E-state index contributed by atoms with van der Waals surface area (Å²) in [4.78, 5) is 38.5. The summed E-state index contributed by atoms with van der Waals surface area (Å²) < 4.78 is 26.0. The Kier molecular flexibility index (Phi) is 5.68. The number of anilines is 1. The fourth-order valence-electron chi connectivity index (χ4n) is 3.81. The van der Waals surface area contributed by atoms with Crippen molar-refractivity contribution in [3.05, 3.63) is 23.8 Å². The molecule has 2 fully saturated rings. The molecule has 10 heteroatoms. The summed E-state index contributed by atoms with van der Waals surface area (Å²) in [6.07, 6.45) is 3.91. The van der Waals surface area contributed by atoms with Crippen LogP contribution in [0.25, 0.3) is 0 Å². The van der Waals surface area contributed by atoms with Gasteiger partial charge in [-0.05, 0) is 37.5 Å². The number of hydrogen-bond acceptors (Lipinski definition) is 5. The van der Waals surface area contributed by atoms with Gasteiger partial charge in [-0.1, -0.05) is 25.3 Å². The lowest BCUT2D eigenvalue weighted by Gasteiger charge is -2.30. The van der Waals surface area contributed by atoms with Gasteiger partial charge in [0.2, 0.25) is 15.9 Å². The number of rotatable bonds is 5. The number of carbonyl (C=O) groups is 3. The third-order valence-electron chi connectivity index (χ3n) is 5.49. The number of benzene rings is 1. The van der Waals surface area contributed by atoms with Gasteiger partial charge in [0.15, 0.2) is 0 Å². The van der Waals surface area contributed by atoms with Crippen LogP contribution in [-0.2, 0) is 19.6 Å². The molecule has 0 atom stereocenters. The summed E-state index contributed by atoms with van der Waals surface area (Å²) in [5.74, 6) is -0.935. The summed E-state index contributed by atoms with van der Waals surface area (Å²) in [5, 5.41) is 5.34. The van der Waals surface area contributed by atoms with E-state index in [9.17, 15) is 22.8 Å². The molecule has 9 nitrogen and oxygen atoms in total. The summed E-state index contributed by atoms with van der Waals surface area (Å²) >= 11 is 0. The highest BCUT2D eigenvalue weighted by atomic mass is 32.2. The van der Waals surface area contributed by atoms with Gasteiger partial charge in [-0.2, -0.15) is 0 Å². The van der Waals surface area contributed by atoms with Crippen molar-refractivity contribution in [2.24, 2.45) is 0 Å². The number of sulfonamides is 1. The number of hydrogen-bond donors (Lipinski definition) is 2. The number of nitrogens with one attached hydrogen (secondary N) is 2. The zero-order valence-corrected chi connectivity index (χ0v) is 17.6. The molecule has 2 aliphatic rings. The van der Waals surface area contributed by atoms with Gasteiger partial charge >= 0.3 is 6.03 Å². The van der Waals surface area contributed by atoms with E-state index in [0.29, 0.717) is 18.4 Å². The molecule has 29 heavy (non-hydrogen) atoms. The molecule has 1 aliphatic heterocycles. The van der Waals surface area contributed by atoms with E-state index < -0.39 is 34.0 Å². The number of imide groups is 1. The highest BCUT2D eigenvalue weighted by Crippen LogP contribution is 2.33. The molecule has 1 saturated heterocycles. The van der Waals surface area contributed by atoms with Gasteiger partial charge in [0.05, 0.1) is 4.90 Å². The van der Waals surface area contributed by atoms with Crippen molar-refractivity contribution < 1.29 is 22.8 Å². The first-order valence-electron chi connectivity index (χ1n) is 9.54. The van der Waals surface area contributed by atoms with Crippen molar-refractivity contribution in [2.45, 2.75) is 49.5 Å². The van der Waals surface area contributed by atoms with E-state index in [2.05, 4.69) is 10.6 Å². The molecule has 4 amide bonds. The minimum Gasteiger partial charge on any atom is -0.324 e. The molecule has 1 saturated carbocycles. The number of nitrogens with zero attached hydrogens (tertiary/aromatic N) is 2. The van der Waals surface area contributed by atoms with Gasteiger partial charge in [-0.3, -0.25) is 14.5 Å². The van der Waals surface area contributed by atoms with Gasteiger partial charge in [-0.15, -0.1) is 0 Å². The topological polar surface area (TPSA) is 116 Å². The Labute approximate surface area is 170 Å². The largest absolute Gasteiger partial charge is 0.325 e. The summed E-state index contributed by atoms with van der Waals surface area (Å²) in [6, 6.07) is 3.98. The molecule has 0 aromatic heterocycles. The molecular formula is C19H26N4O5S. The molecule has 2 N–H and O–H groups in total. The SMILES string of the molecule is Cc1ccc(NC(=O)CN2C(=O)NC3(CCCCC3)C2=O)cc1S(=O)(=O)N(C)C. The molecule has 1 aliphatic carbocycles. The Morgan fingerprint density at radius 2 is 1.86 bits per heavy atom. The lowest BCUT2D eigenvalue weighted by Crippen LogP contribution is -2.48. The molecule has 1 aromatic carbocycles. The Hall–Kier alpha value is -2.46. The van der Waals surface area contributed by atoms with Crippen LogP contribution in [-0.4, -0.2) is 61.6 Å². The number of urea groups is 1. The summed E-state index contributed by atoms with van der Waals surface area (Å²) in [6.45, 7) is 1.24. The van der Waals surface area contributed by atoms with E-state index in [1.54, 1.807) is 19.1 Å². The predicted molar refractivity (Wildman–Crippen MR) is 107 cm³/mol. The van der Waals surface area contributed by atoms with Gasteiger partial charge in [0, 0.05) is 19.8 Å². The first-order chi connectivity index (χ1) is 13.6. The van der Waals surface area contributed by atoms with Crippen molar-refractivity contribution in [1.29, 1.82) is 0 Å². The van der Waals surface area contributed by atoms with E-state index in [-0.39, 0.29) is 16.5 Å². The predicted octanol–water partition coefficient (Wildman–Crippen LogP) is 1.44. The first kappa shape index (κ1) is 21.3. The molecule has 158 valence electrons. The lowest BCUT2D eigenvalue weighted by atomic mass is 9.82. The second-order valence-electron chi connectivity index (χ2n) is 7.78. The standard InChI is InChI=1S/C19H26N4O5S/c1-13-7-8-14(11-15(13)29(27,28)22(2)3)20-16(24)12-23-17(25)19(21-18(23)26)9-5-4-6-10-19/h7-8,11H,4-6,9-10,12H2,1-3H3,(H,20,24)(H,21,26). The third-order valence-corrected chi connectivity index (χ3v) is 7.44. The van der Waals surface area contributed by atoms with Crippen molar-refractivity contribution in [3.63, 3.8) is 0 Å². The fourth-order valence-corrected chi connectivity index (χ4v) is 4.95. The number of aryl methyl sites for hydroxylation is 1. The fraction of sp³-hybridized carbons (Fsp3) is 0.526. The van der Waals surface area contributed by atoms with Gasteiger partial charge in [-0.25, -0.2) is 17.5 Å². The van der Waals surface area contributed by atoms with E-state index in [1.165, 1.54) is 20.2 Å². The van der Waals surface area contributed by atoms with Crippen molar-refractivity contribution in [2.75, 3.05) is 26.0 Å². The average Bonchev–Trinajstić information content (AvgIpc) is 2.87. The molecular weight excluding hydrogens is 396 g/mol. The number of carbonyl (C=O) groups excluding carboxylic acids is 3. The third kappa shape index (κ3) is 3.99. The Morgan fingerprint density at radius 3 is 2.48 bits per heavy atom. The van der Waals surface area contributed by atoms with Crippen LogP contribution in [0.5, 0.6) is 0 Å². The molecule has 1 aromatic rings. The summed E-state index contributed by atoms with van der Waals surface area (Å²) in [5.41, 5.74) is -0.0580. The van der Waals surface area contributed by atoms with Crippen LogP contribution in [0.3, 0.4) is 0 Å². The van der Waals surface area contributed by atoms with Gasteiger partial charge in [0.25, 0.3) is 5.91 Å². The maximum Gasteiger partial charge on any atom is 0.325 e. The van der Waals surface area contributed by atoms with Crippen LogP contribution in [0.1, 0.15) is 37.7 Å². The van der Waals surface area contributed by atoms with Crippen LogP contribution >= 0.6 is 0 Å².